The monoisotopic (exact) mass is 337 g/mol. The molecule has 0 aliphatic carbocycles. The summed E-state index contributed by atoms with van der Waals surface area (Å²) < 4.78 is 23.8. The highest BCUT2D eigenvalue weighted by atomic mass is 32.2. The van der Waals surface area contributed by atoms with Crippen molar-refractivity contribution >= 4 is 50.2 Å². The van der Waals surface area contributed by atoms with Gasteiger partial charge in [0, 0.05) is 6.26 Å². The molecule has 0 bridgehead atoms. The molecule has 0 fully saturated rings. The SMILES string of the molecule is CS(=O)(=O)c1cnc(Sc2nnc(CC(=O)O)s2)s1. The first-order chi connectivity index (χ1) is 8.84. The first-order valence-corrected chi connectivity index (χ1v) is 9.06. The Hall–Kier alpha value is -1.04. The van der Waals surface area contributed by atoms with Gasteiger partial charge < -0.3 is 5.11 Å². The molecule has 0 amide bonds. The minimum Gasteiger partial charge on any atom is -0.481 e. The van der Waals surface area contributed by atoms with Crippen LogP contribution in [0.4, 0.5) is 0 Å². The quantitative estimate of drug-likeness (QED) is 0.866. The second kappa shape index (κ2) is 5.53. The van der Waals surface area contributed by atoms with E-state index in [1.54, 1.807) is 0 Å². The van der Waals surface area contributed by atoms with Gasteiger partial charge in [-0.15, -0.1) is 10.2 Å². The lowest BCUT2D eigenvalue weighted by molar-refractivity contribution is -0.136. The molecule has 0 aromatic carbocycles. The molecule has 0 saturated heterocycles. The normalized spacial score (nSPS) is 11.6. The van der Waals surface area contributed by atoms with Gasteiger partial charge in [-0.05, 0) is 11.8 Å². The fourth-order valence-electron chi connectivity index (χ4n) is 1.02. The average molecular weight is 337 g/mol. The van der Waals surface area contributed by atoms with Gasteiger partial charge in [-0.1, -0.05) is 22.7 Å². The maximum absolute atomic E-state index is 11.3. The Kier molecular flexibility index (Phi) is 4.18. The summed E-state index contributed by atoms with van der Waals surface area (Å²) in [7, 11) is -3.25. The summed E-state index contributed by atoms with van der Waals surface area (Å²) in [5.74, 6) is -0.971. The lowest BCUT2D eigenvalue weighted by Gasteiger charge is -1.89. The zero-order valence-electron chi connectivity index (χ0n) is 9.43. The van der Waals surface area contributed by atoms with Gasteiger partial charge in [-0.25, -0.2) is 13.4 Å². The molecule has 0 saturated carbocycles. The topological polar surface area (TPSA) is 110 Å². The molecule has 11 heteroatoms. The van der Waals surface area contributed by atoms with E-state index in [9.17, 15) is 13.2 Å². The van der Waals surface area contributed by atoms with Crippen LogP contribution < -0.4 is 0 Å². The summed E-state index contributed by atoms with van der Waals surface area (Å²) >= 11 is 3.36. The number of rotatable bonds is 5. The number of aromatic nitrogens is 3. The summed E-state index contributed by atoms with van der Waals surface area (Å²) in [6.07, 6.45) is 2.23. The van der Waals surface area contributed by atoms with Gasteiger partial charge in [0.15, 0.2) is 18.5 Å². The number of nitrogens with zero attached hydrogens (tertiary/aromatic N) is 3. The maximum atomic E-state index is 11.3. The highest BCUT2D eigenvalue weighted by molar-refractivity contribution is 8.03. The summed E-state index contributed by atoms with van der Waals surface area (Å²) in [6, 6.07) is 0. The molecule has 0 aliphatic rings. The summed E-state index contributed by atoms with van der Waals surface area (Å²) in [5, 5.41) is 16.6. The number of thiazole rings is 1. The number of hydrogen-bond acceptors (Lipinski definition) is 9. The Bertz CT molecular complexity index is 705. The number of carboxylic acids is 1. The Morgan fingerprint density at radius 3 is 2.68 bits per heavy atom. The standard InChI is InChI=1S/C8H7N3O4S4/c1-19(14,15)6-3-9-7(17-6)18-8-11-10-4(16-8)2-5(12)13/h3H,2H2,1H3,(H,12,13). The number of sulfone groups is 1. The molecule has 2 aromatic heterocycles. The summed E-state index contributed by atoms with van der Waals surface area (Å²) in [4.78, 5) is 14.5. The molecule has 102 valence electrons. The van der Waals surface area contributed by atoms with Gasteiger partial charge in [-0.3, -0.25) is 4.79 Å². The second-order valence-corrected chi connectivity index (χ2v) is 9.18. The van der Waals surface area contributed by atoms with E-state index in [1.807, 2.05) is 0 Å². The fourth-order valence-corrected chi connectivity index (χ4v) is 5.07. The second-order valence-electron chi connectivity index (χ2n) is 3.35. The Morgan fingerprint density at radius 1 is 1.37 bits per heavy atom. The van der Waals surface area contributed by atoms with E-state index in [1.165, 1.54) is 18.0 Å². The smallest absolute Gasteiger partial charge is 0.310 e. The van der Waals surface area contributed by atoms with Gasteiger partial charge in [-0.2, -0.15) is 0 Å². The van der Waals surface area contributed by atoms with Crippen LogP contribution in [0.2, 0.25) is 0 Å². The molecule has 2 rings (SSSR count). The van der Waals surface area contributed by atoms with E-state index >= 15 is 0 Å². The largest absolute Gasteiger partial charge is 0.481 e. The van der Waals surface area contributed by atoms with Crippen LogP contribution in [0.15, 0.2) is 19.1 Å². The van der Waals surface area contributed by atoms with Crippen LogP contribution in [-0.2, 0) is 21.1 Å². The van der Waals surface area contributed by atoms with E-state index in [4.69, 9.17) is 5.11 Å². The van der Waals surface area contributed by atoms with Crippen LogP contribution in [0.25, 0.3) is 0 Å². The Morgan fingerprint density at radius 2 is 2.11 bits per heavy atom. The maximum Gasteiger partial charge on any atom is 0.310 e. The van der Waals surface area contributed by atoms with Crippen molar-refractivity contribution < 1.29 is 18.3 Å². The van der Waals surface area contributed by atoms with E-state index in [2.05, 4.69) is 15.2 Å². The van der Waals surface area contributed by atoms with Crippen molar-refractivity contribution in [3.8, 4) is 0 Å². The molecule has 0 unspecified atom stereocenters. The number of carboxylic acid groups (broad SMARTS) is 1. The first kappa shape index (κ1) is 14.4. The molecule has 2 heterocycles. The van der Waals surface area contributed by atoms with Gasteiger partial charge >= 0.3 is 5.97 Å². The zero-order valence-corrected chi connectivity index (χ0v) is 12.7. The number of carbonyl (C=O) groups is 1. The fraction of sp³-hybridized carbons (Fsp3) is 0.250. The van der Waals surface area contributed by atoms with E-state index in [0.717, 1.165) is 28.9 Å². The Labute approximate surface area is 120 Å². The molecule has 19 heavy (non-hydrogen) atoms. The van der Waals surface area contributed by atoms with Crippen molar-refractivity contribution in [2.75, 3.05) is 6.26 Å². The zero-order chi connectivity index (χ0) is 14.0. The van der Waals surface area contributed by atoms with Crippen LogP contribution in [0, 0.1) is 0 Å². The van der Waals surface area contributed by atoms with Gasteiger partial charge in [0.25, 0.3) is 0 Å². The third kappa shape index (κ3) is 3.96. The highest BCUT2D eigenvalue weighted by Crippen LogP contribution is 2.34. The van der Waals surface area contributed by atoms with Crippen molar-refractivity contribution in [3.63, 3.8) is 0 Å². The Balaban J connectivity index is 2.11. The van der Waals surface area contributed by atoms with Crippen LogP contribution in [0.1, 0.15) is 5.01 Å². The van der Waals surface area contributed by atoms with E-state index < -0.39 is 15.8 Å². The molecule has 0 aliphatic heterocycles. The summed E-state index contributed by atoms with van der Waals surface area (Å²) in [5.41, 5.74) is 0. The minimum atomic E-state index is -3.25. The van der Waals surface area contributed by atoms with Crippen molar-refractivity contribution in [3.05, 3.63) is 11.2 Å². The molecule has 1 N–H and O–H groups in total. The van der Waals surface area contributed by atoms with Crippen LogP contribution in [0.3, 0.4) is 0 Å². The highest BCUT2D eigenvalue weighted by Gasteiger charge is 2.15. The molecule has 0 spiro atoms. The van der Waals surface area contributed by atoms with Crippen LogP contribution in [-0.4, -0.2) is 40.9 Å². The lowest BCUT2D eigenvalue weighted by Crippen LogP contribution is -1.98. The molecule has 0 atom stereocenters. The van der Waals surface area contributed by atoms with E-state index in [-0.39, 0.29) is 10.6 Å². The third-order valence-corrected chi connectivity index (χ3v) is 6.59. The third-order valence-electron chi connectivity index (χ3n) is 1.75. The minimum absolute atomic E-state index is 0.176. The molecular formula is C8H7N3O4S4. The lowest BCUT2D eigenvalue weighted by atomic mass is 10.5. The molecule has 7 nitrogen and oxygen atoms in total. The molecule has 2 aromatic rings. The molecule has 0 radical (unpaired) electrons. The van der Waals surface area contributed by atoms with Gasteiger partial charge in [0.2, 0.25) is 0 Å². The van der Waals surface area contributed by atoms with Crippen LogP contribution >= 0.6 is 34.4 Å². The predicted octanol–water partition coefficient (Wildman–Crippen LogP) is 1.18. The van der Waals surface area contributed by atoms with Gasteiger partial charge in [0.05, 0.1) is 12.6 Å². The van der Waals surface area contributed by atoms with Crippen molar-refractivity contribution in [2.24, 2.45) is 0 Å². The van der Waals surface area contributed by atoms with E-state index in [0.29, 0.717) is 13.7 Å². The average Bonchev–Trinajstić information content (AvgIpc) is 2.86. The number of aliphatic carboxylic acids is 1. The van der Waals surface area contributed by atoms with Crippen molar-refractivity contribution in [2.45, 2.75) is 19.3 Å². The van der Waals surface area contributed by atoms with Gasteiger partial charge in [0.1, 0.15) is 9.22 Å². The molecular weight excluding hydrogens is 330 g/mol. The van der Waals surface area contributed by atoms with Crippen molar-refractivity contribution in [1.29, 1.82) is 0 Å². The predicted molar refractivity (Wildman–Crippen MR) is 70.6 cm³/mol. The summed E-state index contributed by atoms with van der Waals surface area (Å²) in [6.45, 7) is 0. The van der Waals surface area contributed by atoms with Crippen molar-refractivity contribution in [1.82, 2.24) is 15.2 Å². The number of hydrogen-bond donors (Lipinski definition) is 1. The first-order valence-electron chi connectivity index (χ1n) is 4.72. The van der Waals surface area contributed by atoms with Crippen LogP contribution in [0.5, 0.6) is 0 Å².